The molecule has 1 amide bonds. The van der Waals surface area contributed by atoms with Gasteiger partial charge in [0.25, 0.3) is 5.91 Å². The summed E-state index contributed by atoms with van der Waals surface area (Å²) in [5.74, 6) is 0.587. The SMILES string of the molecule is CCCN(CCCl)C(=O)C1(C)CCCO1. The highest BCUT2D eigenvalue weighted by atomic mass is 35.5. The first-order valence-corrected chi connectivity index (χ1v) is 6.17. The lowest BCUT2D eigenvalue weighted by molar-refractivity contribution is -0.150. The second-order valence-corrected chi connectivity index (χ2v) is 4.54. The van der Waals surface area contributed by atoms with Crippen LogP contribution in [0.15, 0.2) is 0 Å². The molecule has 1 saturated heterocycles. The quantitative estimate of drug-likeness (QED) is 0.680. The van der Waals surface area contributed by atoms with Gasteiger partial charge in [0.05, 0.1) is 0 Å². The Morgan fingerprint density at radius 3 is 2.73 bits per heavy atom. The highest BCUT2D eigenvalue weighted by Crippen LogP contribution is 2.27. The molecule has 0 bridgehead atoms. The van der Waals surface area contributed by atoms with E-state index in [-0.39, 0.29) is 5.91 Å². The summed E-state index contributed by atoms with van der Waals surface area (Å²) in [5.41, 5.74) is -0.596. The van der Waals surface area contributed by atoms with Crippen LogP contribution in [0.1, 0.15) is 33.1 Å². The van der Waals surface area contributed by atoms with Crippen LogP contribution in [0.25, 0.3) is 0 Å². The van der Waals surface area contributed by atoms with E-state index >= 15 is 0 Å². The molecule has 0 radical (unpaired) electrons. The van der Waals surface area contributed by atoms with E-state index < -0.39 is 5.60 Å². The molecule has 88 valence electrons. The number of rotatable bonds is 5. The van der Waals surface area contributed by atoms with Crippen molar-refractivity contribution in [3.05, 3.63) is 0 Å². The van der Waals surface area contributed by atoms with Gasteiger partial charge in [0.2, 0.25) is 0 Å². The van der Waals surface area contributed by atoms with Gasteiger partial charge in [-0.2, -0.15) is 0 Å². The molecule has 3 nitrogen and oxygen atoms in total. The minimum Gasteiger partial charge on any atom is -0.365 e. The van der Waals surface area contributed by atoms with Crippen molar-refractivity contribution in [1.82, 2.24) is 4.90 Å². The van der Waals surface area contributed by atoms with E-state index in [1.807, 2.05) is 11.8 Å². The van der Waals surface area contributed by atoms with Crippen molar-refractivity contribution in [2.75, 3.05) is 25.6 Å². The van der Waals surface area contributed by atoms with E-state index in [0.717, 1.165) is 25.8 Å². The minimum absolute atomic E-state index is 0.0995. The van der Waals surface area contributed by atoms with Crippen molar-refractivity contribution in [3.63, 3.8) is 0 Å². The number of amides is 1. The number of hydrogen-bond donors (Lipinski definition) is 0. The zero-order valence-electron chi connectivity index (χ0n) is 9.59. The Hall–Kier alpha value is -0.280. The Bertz CT molecular complexity index is 209. The maximum atomic E-state index is 12.2. The zero-order chi connectivity index (χ0) is 11.3. The number of halogens is 1. The van der Waals surface area contributed by atoms with Gasteiger partial charge in [-0.15, -0.1) is 11.6 Å². The molecule has 4 heteroatoms. The number of nitrogens with zero attached hydrogens (tertiary/aromatic N) is 1. The molecule has 0 aliphatic carbocycles. The predicted octanol–water partition coefficient (Wildman–Crippen LogP) is 2.03. The summed E-state index contributed by atoms with van der Waals surface area (Å²) in [5, 5.41) is 0. The number of alkyl halides is 1. The van der Waals surface area contributed by atoms with E-state index in [2.05, 4.69) is 6.92 Å². The van der Waals surface area contributed by atoms with Gasteiger partial charge in [-0.1, -0.05) is 6.92 Å². The Morgan fingerprint density at radius 2 is 2.27 bits per heavy atom. The van der Waals surface area contributed by atoms with Crippen molar-refractivity contribution in [2.24, 2.45) is 0 Å². The Labute approximate surface area is 96.7 Å². The van der Waals surface area contributed by atoms with Crippen LogP contribution in [-0.4, -0.2) is 42.0 Å². The normalized spacial score (nSPS) is 25.5. The summed E-state index contributed by atoms with van der Waals surface area (Å²) in [6.07, 6.45) is 2.76. The molecule has 1 aliphatic heterocycles. The summed E-state index contributed by atoms with van der Waals surface area (Å²) in [6.45, 7) is 6.03. The number of carbonyl (C=O) groups is 1. The van der Waals surface area contributed by atoms with Crippen molar-refractivity contribution in [1.29, 1.82) is 0 Å². The highest BCUT2D eigenvalue weighted by molar-refractivity contribution is 6.18. The second kappa shape index (κ2) is 5.71. The van der Waals surface area contributed by atoms with Gasteiger partial charge in [0.15, 0.2) is 0 Å². The van der Waals surface area contributed by atoms with Crippen LogP contribution < -0.4 is 0 Å². The molecular formula is C11H20ClNO2. The summed E-state index contributed by atoms with van der Waals surface area (Å²) in [6, 6.07) is 0. The summed E-state index contributed by atoms with van der Waals surface area (Å²) < 4.78 is 5.54. The summed E-state index contributed by atoms with van der Waals surface area (Å²) >= 11 is 5.69. The third kappa shape index (κ3) is 3.08. The number of ether oxygens (including phenoxy) is 1. The predicted molar refractivity (Wildman–Crippen MR) is 61.2 cm³/mol. The topological polar surface area (TPSA) is 29.5 Å². The van der Waals surface area contributed by atoms with Gasteiger partial charge in [-0.05, 0) is 26.2 Å². The van der Waals surface area contributed by atoms with Gasteiger partial charge < -0.3 is 9.64 Å². The summed E-state index contributed by atoms with van der Waals surface area (Å²) in [7, 11) is 0. The number of carbonyl (C=O) groups excluding carboxylic acids is 1. The molecule has 1 aliphatic rings. The van der Waals surface area contributed by atoms with Gasteiger partial charge in [0.1, 0.15) is 5.60 Å². The Kier molecular flexibility index (Phi) is 4.87. The molecule has 0 N–H and O–H groups in total. The van der Waals surface area contributed by atoms with E-state index in [4.69, 9.17) is 16.3 Å². The number of hydrogen-bond acceptors (Lipinski definition) is 2. The van der Waals surface area contributed by atoms with Crippen LogP contribution in [-0.2, 0) is 9.53 Å². The molecule has 1 unspecified atom stereocenters. The Balaban J connectivity index is 2.61. The zero-order valence-corrected chi connectivity index (χ0v) is 10.3. The van der Waals surface area contributed by atoms with Crippen molar-refractivity contribution < 1.29 is 9.53 Å². The van der Waals surface area contributed by atoms with Gasteiger partial charge in [0, 0.05) is 25.6 Å². The summed E-state index contributed by atoms with van der Waals surface area (Å²) in [4.78, 5) is 14.0. The van der Waals surface area contributed by atoms with Crippen LogP contribution in [0.5, 0.6) is 0 Å². The highest BCUT2D eigenvalue weighted by Gasteiger charge is 2.40. The van der Waals surface area contributed by atoms with Gasteiger partial charge in [-0.25, -0.2) is 0 Å². The monoisotopic (exact) mass is 233 g/mol. The smallest absolute Gasteiger partial charge is 0.254 e. The van der Waals surface area contributed by atoms with E-state index in [9.17, 15) is 4.79 Å². The maximum Gasteiger partial charge on any atom is 0.254 e. The average molecular weight is 234 g/mol. The average Bonchev–Trinajstić information content (AvgIpc) is 2.65. The molecule has 0 aromatic carbocycles. The van der Waals surface area contributed by atoms with E-state index in [0.29, 0.717) is 19.0 Å². The first-order valence-electron chi connectivity index (χ1n) is 5.63. The fourth-order valence-corrected chi connectivity index (χ4v) is 2.17. The molecule has 1 heterocycles. The molecular weight excluding hydrogens is 214 g/mol. The van der Waals surface area contributed by atoms with Crippen LogP contribution >= 0.6 is 11.6 Å². The maximum absolute atomic E-state index is 12.2. The molecule has 0 spiro atoms. The van der Waals surface area contributed by atoms with Gasteiger partial charge in [-0.3, -0.25) is 4.79 Å². The lowest BCUT2D eigenvalue weighted by Crippen LogP contribution is -2.47. The first-order chi connectivity index (χ1) is 7.14. The minimum atomic E-state index is -0.596. The third-order valence-corrected chi connectivity index (χ3v) is 2.98. The van der Waals surface area contributed by atoms with Crippen LogP contribution in [0.2, 0.25) is 0 Å². The van der Waals surface area contributed by atoms with Crippen molar-refractivity contribution >= 4 is 17.5 Å². The fourth-order valence-electron chi connectivity index (χ4n) is 1.97. The lowest BCUT2D eigenvalue weighted by atomic mass is 10.0. The standard InChI is InChI=1S/C11H20ClNO2/c1-3-7-13(8-6-12)10(14)11(2)5-4-9-15-11/h3-9H2,1-2H3. The molecule has 0 aromatic rings. The van der Waals surface area contributed by atoms with Crippen LogP contribution in [0.4, 0.5) is 0 Å². The molecule has 1 atom stereocenters. The first kappa shape index (κ1) is 12.8. The molecule has 1 fully saturated rings. The third-order valence-electron chi connectivity index (χ3n) is 2.81. The fraction of sp³-hybridized carbons (Fsp3) is 0.909. The van der Waals surface area contributed by atoms with Crippen molar-refractivity contribution in [3.8, 4) is 0 Å². The van der Waals surface area contributed by atoms with Crippen LogP contribution in [0.3, 0.4) is 0 Å². The van der Waals surface area contributed by atoms with Crippen molar-refractivity contribution in [2.45, 2.75) is 38.7 Å². The molecule has 0 aromatic heterocycles. The second-order valence-electron chi connectivity index (χ2n) is 4.16. The molecule has 15 heavy (non-hydrogen) atoms. The van der Waals surface area contributed by atoms with Crippen LogP contribution in [0, 0.1) is 0 Å². The Morgan fingerprint density at radius 1 is 1.53 bits per heavy atom. The molecule has 1 rings (SSSR count). The largest absolute Gasteiger partial charge is 0.365 e. The van der Waals surface area contributed by atoms with E-state index in [1.54, 1.807) is 0 Å². The molecule has 0 saturated carbocycles. The lowest BCUT2D eigenvalue weighted by Gasteiger charge is -2.30. The van der Waals surface area contributed by atoms with Gasteiger partial charge >= 0.3 is 0 Å². The van der Waals surface area contributed by atoms with E-state index in [1.165, 1.54) is 0 Å².